The Balaban J connectivity index is 2.07. The summed E-state index contributed by atoms with van der Waals surface area (Å²) in [4.78, 5) is 13.3. The van der Waals surface area contributed by atoms with Crippen LogP contribution in [0.2, 0.25) is 0 Å². The molecule has 0 unspecified atom stereocenters. The zero-order valence-corrected chi connectivity index (χ0v) is 14.3. The Kier molecular flexibility index (Phi) is 4.96. The first-order valence-corrected chi connectivity index (χ1v) is 8.78. The van der Waals surface area contributed by atoms with Crippen molar-refractivity contribution in [1.82, 2.24) is 15.4 Å². The van der Waals surface area contributed by atoms with E-state index >= 15 is 0 Å². The molecule has 0 bridgehead atoms. The Labute approximate surface area is 144 Å². The first-order valence-electron chi connectivity index (χ1n) is 7.56. The van der Waals surface area contributed by atoms with Gasteiger partial charge in [0.1, 0.15) is 5.69 Å². The number of nitrogens with zero attached hydrogens (tertiary/aromatic N) is 2. The SMILES string of the molecule is CCOC(=O)c1n[nH]nc1-c1ccccc1-c1ccc(SC)cc1. The number of aromatic amines is 1. The molecule has 1 aromatic heterocycles. The van der Waals surface area contributed by atoms with Crippen molar-refractivity contribution in [1.29, 1.82) is 0 Å². The summed E-state index contributed by atoms with van der Waals surface area (Å²) in [6, 6.07) is 16.1. The van der Waals surface area contributed by atoms with Gasteiger partial charge in [-0.05, 0) is 36.4 Å². The number of carbonyl (C=O) groups is 1. The largest absolute Gasteiger partial charge is 0.461 e. The van der Waals surface area contributed by atoms with Crippen LogP contribution in [0.15, 0.2) is 53.4 Å². The van der Waals surface area contributed by atoms with Crippen LogP contribution in [0.1, 0.15) is 17.4 Å². The Morgan fingerprint density at radius 2 is 1.79 bits per heavy atom. The van der Waals surface area contributed by atoms with E-state index in [0.29, 0.717) is 12.3 Å². The van der Waals surface area contributed by atoms with Crippen molar-refractivity contribution < 1.29 is 9.53 Å². The Hall–Kier alpha value is -2.60. The van der Waals surface area contributed by atoms with Crippen LogP contribution in [0.3, 0.4) is 0 Å². The van der Waals surface area contributed by atoms with Crippen LogP contribution < -0.4 is 0 Å². The van der Waals surface area contributed by atoms with Crippen molar-refractivity contribution in [3.8, 4) is 22.4 Å². The van der Waals surface area contributed by atoms with Crippen molar-refractivity contribution in [2.75, 3.05) is 12.9 Å². The maximum absolute atomic E-state index is 12.1. The third-order valence-corrected chi connectivity index (χ3v) is 4.34. The van der Waals surface area contributed by atoms with E-state index in [1.807, 2.05) is 30.5 Å². The Morgan fingerprint density at radius 3 is 2.46 bits per heavy atom. The fourth-order valence-electron chi connectivity index (χ4n) is 2.47. The van der Waals surface area contributed by atoms with Crippen LogP contribution in [0.4, 0.5) is 0 Å². The summed E-state index contributed by atoms with van der Waals surface area (Å²) in [5, 5.41) is 10.7. The maximum Gasteiger partial charge on any atom is 0.361 e. The summed E-state index contributed by atoms with van der Waals surface area (Å²) in [6.07, 6.45) is 2.05. The van der Waals surface area contributed by atoms with E-state index in [-0.39, 0.29) is 5.69 Å². The average Bonchev–Trinajstić information content (AvgIpc) is 3.12. The molecule has 24 heavy (non-hydrogen) atoms. The number of hydrogen-bond donors (Lipinski definition) is 1. The molecule has 3 rings (SSSR count). The van der Waals surface area contributed by atoms with Crippen molar-refractivity contribution in [3.63, 3.8) is 0 Å². The first kappa shape index (κ1) is 16.3. The molecule has 122 valence electrons. The minimum absolute atomic E-state index is 0.199. The molecule has 0 atom stereocenters. The highest BCUT2D eigenvalue weighted by Gasteiger charge is 2.21. The summed E-state index contributed by atoms with van der Waals surface area (Å²) in [6.45, 7) is 2.06. The molecule has 0 aliphatic rings. The third-order valence-electron chi connectivity index (χ3n) is 3.60. The molecule has 0 saturated carbocycles. The third kappa shape index (κ3) is 3.19. The smallest absolute Gasteiger partial charge is 0.361 e. The van der Waals surface area contributed by atoms with Gasteiger partial charge in [0.2, 0.25) is 0 Å². The predicted octanol–water partition coefficient (Wildman–Crippen LogP) is 4.04. The van der Waals surface area contributed by atoms with Crippen LogP contribution >= 0.6 is 11.8 Å². The molecule has 0 saturated heterocycles. The van der Waals surface area contributed by atoms with E-state index < -0.39 is 5.97 Å². The van der Waals surface area contributed by atoms with Gasteiger partial charge in [0.25, 0.3) is 0 Å². The number of thioether (sulfide) groups is 1. The highest BCUT2D eigenvalue weighted by molar-refractivity contribution is 7.98. The standard InChI is InChI=1S/C18H17N3O2S/c1-3-23-18(22)17-16(19-21-20-17)15-7-5-4-6-14(15)12-8-10-13(24-2)11-9-12/h4-11H,3H2,1-2H3,(H,19,20,21). The van der Waals surface area contributed by atoms with Crippen LogP contribution in [0.5, 0.6) is 0 Å². The second kappa shape index (κ2) is 7.31. The van der Waals surface area contributed by atoms with Gasteiger partial charge >= 0.3 is 5.97 Å². The van der Waals surface area contributed by atoms with Crippen molar-refractivity contribution in [3.05, 3.63) is 54.2 Å². The molecule has 0 fully saturated rings. The van der Waals surface area contributed by atoms with Gasteiger partial charge in [-0.2, -0.15) is 10.3 Å². The number of benzene rings is 2. The Morgan fingerprint density at radius 1 is 1.08 bits per heavy atom. The lowest BCUT2D eigenvalue weighted by atomic mass is 9.97. The summed E-state index contributed by atoms with van der Waals surface area (Å²) in [5.74, 6) is -0.478. The van der Waals surface area contributed by atoms with Crippen molar-refractivity contribution in [2.45, 2.75) is 11.8 Å². The summed E-state index contributed by atoms with van der Waals surface area (Å²) in [7, 11) is 0. The topological polar surface area (TPSA) is 67.9 Å². The predicted molar refractivity (Wildman–Crippen MR) is 95.0 cm³/mol. The molecule has 0 amide bonds. The minimum atomic E-state index is -0.478. The zero-order valence-electron chi connectivity index (χ0n) is 13.4. The lowest BCUT2D eigenvalue weighted by Gasteiger charge is -2.09. The van der Waals surface area contributed by atoms with E-state index in [1.165, 1.54) is 4.90 Å². The van der Waals surface area contributed by atoms with Crippen LogP contribution in [0, 0.1) is 0 Å². The van der Waals surface area contributed by atoms with Gasteiger partial charge in [0.05, 0.1) is 6.61 Å². The summed E-state index contributed by atoms with van der Waals surface area (Å²) >= 11 is 1.70. The van der Waals surface area contributed by atoms with E-state index in [4.69, 9.17) is 4.74 Å². The lowest BCUT2D eigenvalue weighted by Crippen LogP contribution is -2.07. The van der Waals surface area contributed by atoms with Gasteiger partial charge in [-0.15, -0.1) is 16.9 Å². The summed E-state index contributed by atoms with van der Waals surface area (Å²) < 4.78 is 5.06. The molecule has 2 aromatic carbocycles. The molecule has 0 radical (unpaired) electrons. The van der Waals surface area contributed by atoms with Crippen molar-refractivity contribution >= 4 is 17.7 Å². The number of carbonyl (C=O) groups excluding carboxylic acids is 1. The first-order chi connectivity index (χ1) is 11.7. The maximum atomic E-state index is 12.1. The van der Waals surface area contributed by atoms with Gasteiger partial charge in [-0.3, -0.25) is 0 Å². The molecule has 1 N–H and O–H groups in total. The molecule has 6 heteroatoms. The number of ether oxygens (including phenoxy) is 1. The highest BCUT2D eigenvalue weighted by atomic mass is 32.2. The van der Waals surface area contributed by atoms with Gasteiger partial charge in [0, 0.05) is 10.5 Å². The average molecular weight is 339 g/mol. The molecule has 1 heterocycles. The van der Waals surface area contributed by atoms with E-state index in [2.05, 4.69) is 39.7 Å². The van der Waals surface area contributed by atoms with E-state index in [1.54, 1.807) is 18.7 Å². The normalized spacial score (nSPS) is 10.6. The second-order valence-electron chi connectivity index (χ2n) is 5.02. The summed E-state index contributed by atoms with van der Waals surface area (Å²) in [5.41, 5.74) is 3.58. The van der Waals surface area contributed by atoms with E-state index in [0.717, 1.165) is 16.7 Å². The molecule has 0 aliphatic carbocycles. The number of esters is 1. The highest BCUT2D eigenvalue weighted by Crippen LogP contribution is 2.33. The molecule has 3 aromatic rings. The Bertz CT molecular complexity index is 843. The van der Waals surface area contributed by atoms with E-state index in [9.17, 15) is 4.79 Å². The molecular weight excluding hydrogens is 322 g/mol. The number of H-pyrrole nitrogens is 1. The van der Waals surface area contributed by atoms with Crippen LogP contribution in [0.25, 0.3) is 22.4 Å². The lowest BCUT2D eigenvalue weighted by molar-refractivity contribution is 0.0520. The number of rotatable bonds is 5. The van der Waals surface area contributed by atoms with Gasteiger partial charge in [-0.1, -0.05) is 36.4 Å². The zero-order chi connectivity index (χ0) is 16.9. The van der Waals surface area contributed by atoms with Gasteiger partial charge in [0.15, 0.2) is 5.69 Å². The molecule has 0 aliphatic heterocycles. The second-order valence-corrected chi connectivity index (χ2v) is 5.90. The molecule has 0 spiro atoms. The minimum Gasteiger partial charge on any atom is -0.461 e. The number of hydrogen-bond acceptors (Lipinski definition) is 5. The fraction of sp³-hybridized carbons (Fsp3) is 0.167. The van der Waals surface area contributed by atoms with Crippen LogP contribution in [-0.2, 0) is 4.74 Å². The van der Waals surface area contributed by atoms with Crippen molar-refractivity contribution in [2.24, 2.45) is 0 Å². The van der Waals surface area contributed by atoms with Crippen LogP contribution in [-0.4, -0.2) is 34.2 Å². The molecule has 5 nitrogen and oxygen atoms in total. The quantitative estimate of drug-likeness (QED) is 0.561. The van der Waals surface area contributed by atoms with Gasteiger partial charge in [-0.25, -0.2) is 4.79 Å². The number of nitrogens with one attached hydrogen (secondary N) is 1. The van der Waals surface area contributed by atoms with Gasteiger partial charge < -0.3 is 4.74 Å². The number of aromatic nitrogens is 3. The molecular formula is C18H17N3O2S. The fourth-order valence-corrected chi connectivity index (χ4v) is 2.88. The monoisotopic (exact) mass is 339 g/mol.